The Bertz CT molecular complexity index is 1520. The summed E-state index contributed by atoms with van der Waals surface area (Å²) in [6, 6.07) is 9.56. The SMILES string of the molecule is CC(C(=O)O)S(=O)c1ccc(Oc2c(F)cnc(Oc3cc(C#N)ccc3O)c2F)c(C2=NCCN2C)c1. The molecule has 2 aromatic carbocycles. The lowest BCUT2D eigenvalue weighted by molar-refractivity contribution is -0.136. The van der Waals surface area contributed by atoms with Gasteiger partial charge in [-0.05, 0) is 37.3 Å². The van der Waals surface area contributed by atoms with Gasteiger partial charge in [0.2, 0.25) is 11.6 Å². The van der Waals surface area contributed by atoms with Gasteiger partial charge < -0.3 is 24.6 Å². The smallest absolute Gasteiger partial charge is 0.319 e. The zero-order valence-electron chi connectivity index (χ0n) is 20.0. The zero-order chi connectivity index (χ0) is 27.6. The number of carbonyl (C=O) groups is 1. The first kappa shape index (κ1) is 26.5. The largest absolute Gasteiger partial charge is 0.504 e. The maximum absolute atomic E-state index is 15.4. The molecule has 0 amide bonds. The van der Waals surface area contributed by atoms with E-state index < -0.39 is 51.0 Å². The molecule has 2 unspecified atom stereocenters. The Morgan fingerprint density at radius 1 is 1.21 bits per heavy atom. The van der Waals surface area contributed by atoms with Gasteiger partial charge in [0.25, 0.3) is 5.88 Å². The van der Waals surface area contributed by atoms with Gasteiger partial charge in [-0.15, -0.1) is 0 Å². The number of carboxylic acid groups (broad SMARTS) is 1. The van der Waals surface area contributed by atoms with Gasteiger partial charge in [-0.1, -0.05) is 0 Å². The molecule has 196 valence electrons. The number of halogens is 2. The van der Waals surface area contributed by atoms with E-state index in [1.54, 1.807) is 11.9 Å². The number of ether oxygens (including phenoxy) is 2. The van der Waals surface area contributed by atoms with E-state index in [0.29, 0.717) is 25.1 Å². The van der Waals surface area contributed by atoms with E-state index in [2.05, 4.69) is 9.98 Å². The average molecular weight is 543 g/mol. The molecule has 0 aliphatic carbocycles. The highest BCUT2D eigenvalue weighted by Crippen LogP contribution is 2.38. The molecule has 1 aliphatic heterocycles. The molecule has 0 spiro atoms. The lowest BCUT2D eigenvalue weighted by Crippen LogP contribution is -2.25. The van der Waals surface area contributed by atoms with Gasteiger partial charge in [0.05, 0.1) is 40.7 Å². The van der Waals surface area contributed by atoms with Crippen molar-refractivity contribution in [2.75, 3.05) is 20.1 Å². The first-order chi connectivity index (χ1) is 18.1. The summed E-state index contributed by atoms with van der Waals surface area (Å²) in [6.45, 7) is 2.29. The topological polar surface area (TPSA) is 145 Å². The summed E-state index contributed by atoms with van der Waals surface area (Å²) in [5.74, 6) is -5.68. The van der Waals surface area contributed by atoms with Crippen molar-refractivity contribution < 1.29 is 37.5 Å². The fourth-order valence-electron chi connectivity index (χ4n) is 3.49. The molecule has 2 heterocycles. The van der Waals surface area contributed by atoms with Gasteiger partial charge in [0, 0.05) is 24.6 Å². The third-order valence-corrected chi connectivity index (χ3v) is 7.12. The summed E-state index contributed by atoms with van der Waals surface area (Å²) >= 11 is 0. The molecule has 2 N–H and O–H groups in total. The number of nitriles is 1. The van der Waals surface area contributed by atoms with Crippen LogP contribution in [0, 0.1) is 23.0 Å². The Balaban J connectivity index is 1.75. The molecule has 0 bridgehead atoms. The molecule has 38 heavy (non-hydrogen) atoms. The van der Waals surface area contributed by atoms with Crippen molar-refractivity contribution >= 4 is 22.6 Å². The summed E-state index contributed by atoms with van der Waals surface area (Å²) in [6.07, 6.45) is 0.662. The first-order valence-corrected chi connectivity index (χ1v) is 12.3. The molecular weight excluding hydrogens is 522 g/mol. The number of amidine groups is 1. The average Bonchev–Trinajstić information content (AvgIpc) is 3.33. The molecule has 4 rings (SSSR count). The Kier molecular flexibility index (Phi) is 7.54. The zero-order valence-corrected chi connectivity index (χ0v) is 20.8. The summed E-state index contributed by atoms with van der Waals surface area (Å²) in [5, 5.41) is 27.1. The minimum absolute atomic E-state index is 0.0505. The number of phenolic OH excluding ortho intramolecular Hbond substituents is 1. The maximum Gasteiger partial charge on any atom is 0.319 e. The number of carboxylic acids is 1. The van der Waals surface area contributed by atoms with E-state index in [0.717, 1.165) is 6.07 Å². The van der Waals surface area contributed by atoms with Gasteiger partial charge in [-0.3, -0.25) is 14.0 Å². The van der Waals surface area contributed by atoms with Gasteiger partial charge in [0.15, 0.2) is 17.3 Å². The number of nitrogens with zero attached hydrogens (tertiary/aromatic N) is 4. The van der Waals surface area contributed by atoms with E-state index in [1.165, 1.54) is 37.3 Å². The van der Waals surface area contributed by atoms with Crippen LogP contribution in [0.3, 0.4) is 0 Å². The monoisotopic (exact) mass is 542 g/mol. The second-order valence-electron chi connectivity index (χ2n) is 8.12. The number of phenols is 1. The van der Waals surface area contributed by atoms with Crippen LogP contribution in [-0.2, 0) is 15.6 Å². The van der Waals surface area contributed by atoms with Crippen LogP contribution in [0.4, 0.5) is 8.78 Å². The van der Waals surface area contributed by atoms with Crippen molar-refractivity contribution in [1.82, 2.24) is 9.88 Å². The number of aliphatic imine (C=N–C) groups is 1. The predicted molar refractivity (Wildman–Crippen MR) is 131 cm³/mol. The lowest BCUT2D eigenvalue weighted by atomic mass is 10.1. The number of benzene rings is 2. The number of hydrogen-bond donors (Lipinski definition) is 2. The quantitative estimate of drug-likeness (QED) is 0.434. The highest BCUT2D eigenvalue weighted by Gasteiger charge is 2.27. The molecule has 0 radical (unpaired) electrons. The molecule has 0 saturated carbocycles. The molecule has 2 atom stereocenters. The second-order valence-corrected chi connectivity index (χ2v) is 9.89. The third kappa shape index (κ3) is 5.25. The van der Waals surface area contributed by atoms with Crippen LogP contribution < -0.4 is 9.47 Å². The summed E-state index contributed by atoms with van der Waals surface area (Å²) < 4.78 is 53.7. The minimum Gasteiger partial charge on any atom is -0.504 e. The predicted octanol–water partition coefficient (Wildman–Crippen LogP) is 3.79. The van der Waals surface area contributed by atoms with Crippen LogP contribution in [0.15, 0.2) is 52.5 Å². The van der Waals surface area contributed by atoms with E-state index in [1.807, 2.05) is 6.07 Å². The van der Waals surface area contributed by atoms with Crippen molar-refractivity contribution in [1.29, 1.82) is 5.26 Å². The van der Waals surface area contributed by atoms with Gasteiger partial charge in [-0.25, -0.2) is 9.37 Å². The van der Waals surface area contributed by atoms with E-state index in [4.69, 9.17) is 14.7 Å². The van der Waals surface area contributed by atoms with Crippen molar-refractivity contribution in [2.45, 2.75) is 17.1 Å². The maximum atomic E-state index is 15.4. The number of likely N-dealkylation sites (N-methyl/N-ethyl adjacent to an activating group) is 1. The van der Waals surface area contributed by atoms with Crippen molar-refractivity contribution in [3.05, 3.63) is 65.4 Å². The Hall–Kier alpha value is -4.57. The fraction of sp³-hybridized carbons (Fsp3) is 0.200. The standard InChI is InChI=1S/C25H20F2N4O6S/c1-13(25(33)34)38(35)15-4-6-19(16(10-15)23-29-7-8-31(23)2)36-22-17(26)12-30-24(21(22)27)37-20-9-14(11-28)3-5-18(20)32/h3-6,9-10,12-13,32H,7-8H2,1-2H3,(H,33,34). The normalized spacial score (nSPS) is 14.4. The number of aliphatic carboxylic acids is 1. The summed E-state index contributed by atoms with van der Waals surface area (Å²) in [5.41, 5.74) is 0.364. The number of aromatic hydroxyl groups is 1. The van der Waals surface area contributed by atoms with Crippen molar-refractivity contribution in [3.8, 4) is 34.9 Å². The van der Waals surface area contributed by atoms with Crippen LogP contribution in [0.25, 0.3) is 0 Å². The molecule has 0 saturated heterocycles. The molecule has 3 aromatic rings. The molecule has 13 heteroatoms. The van der Waals surface area contributed by atoms with Crippen LogP contribution in [0.1, 0.15) is 18.1 Å². The minimum atomic E-state index is -1.93. The van der Waals surface area contributed by atoms with Crippen molar-refractivity contribution in [3.63, 3.8) is 0 Å². The van der Waals surface area contributed by atoms with Gasteiger partial charge >= 0.3 is 5.97 Å². The van der Waals surface area contributed by atoms with Crippen LogP contribution in [0.5, 0.6) is 28.9 Å². The summed E-state index contributed by atoms with van der Waals surface area (Å²) in [7, 11) is -0.192. The Morgan fingerprint density at radius 3 is 2.63 bits per heavy atom. The highest BCUT2D eigenvalue weighted by molar-refractivity contribution is 7.86. The highest BCUT2D eigenvalue weighted by atomic mass is 32.2. The number of pyridine rings is 1. The fourth-order valence-corrected chi connectivity index (χ4v) is 4.52. The van der Waals surface area contributed by atoms with Crippen LogP contribution >= 0.6 is 0 Å². The van der Waals surface area contributed by atoms with Gasteiger partial charge in [-0.2, -0.15) is 9.65 Å². The molecular formula is C25H20F2N4O6S. The number of hydrogen-bond acceptors (Lipinski definition) is 9. The molecule has 1 aromatic heterocycles. The second kappa shape index (κ2) is 10.8. The first-order valence-electron chi connectivity index (χ1n) is 11.1. The third-order valence-electron chi connectivity index (χ3n) is 5.56. The van der Waals surface area contributed by atoms with E-state index in [-0.39, 0.29) is 27.5 Å². The van der Waals surface area contributed by atoms with Crippen LogP contribution in [-0.4, -0.2) is 61.5 Å². The molecule has 10 nitrogen and oxygen atoms in total. The number of rotatable bonds is 8. The summed E-state index contributed by atoms with van der Waals surface area (Å²) in [4.78, 5) is 21.2. The van der Waals surface area contributed by atoms with Crippen molar-refractivity contribution in [2.24, 2.45) is 4.99 Å². The molecule has 1 aliphatic rings. The van der Waals surface area contributed by atoms with Crippen LogP contribution in [0.2, 0.25) is 0 Å². The van der Waals surface area contributed by atoms with Gasteiger partial charge in [0.1, 0.15) is 16.8 Å². The van der Waals surface area contributed by atoms with E-state index >= 15 is 4.39 Å². The number of aromatic nitrogens is 1. The Labute approximate surface area is 217 Å². The van der Waals surface area contributed by atoms with E-state index in [9.17, 15) is 23.6 Å². The lowest BCUT2D eigenvalue weighted by Gasteiger charge is -2.19. The molecule has 0 fully saturated rings. The Morgan fingerprint density at radius 2 is 1.97 bits per heavy atom.